The molecule has 1 radical (unpaired) electrons. The minimum Gasteiger partial charge on any atom is -0.341 e. The predicted molar refractivity (Wildman–Crippen MR) is 371 cm³/mol. The zero-order valence-electron chi connectivity index (χ0n) is 53.0. The van der Waals surface area contributed by atoms with Gasteiger partial charge in [-0.15, -0.1) is 0 Å². The van der Waals surface area contributed by atoms with Crippen LogP contribution in [-0.2, 0) is 58.5 Å². The third-order valence-corrected chi connectivity index (χ3v) is 11.6. The smallest absolute Gasteiger partial charge is 0.0661 e. The van der Waals surface area contributed by atoms with Crippen molar-refractivity contribution < 1.29 is 32.7 Å². The fourth-order valence-electron chi connectivity index (χ4n) is 7.94. The Morgan fingerprint density at radius 1 is 0.422 bits per heavy atom. The Morgan fingerprint density at radius 2 is 0.855 bits per heavy atom. The minimum atomic E-state index is 0. The summed E-state index contributed by atoms with van der Waals surface area (Å²) in [5, 5.41) is 10.3. The van der Waals surface area contributed by atoms with Gasteiger partial charge in [0.25, 0.3) is 0 Å². The summed E-state index contributed by atoms with van der Waals surface area (Å²) in [5.74, 6) is 0. The molecule has 3 nitrogen and oxygen atoms in total. The van der Waals surface area contributed by atoms with Gasteiger partial charge >= 0.3 is 0 Å². The second-order valence-corrected chi connectivity index (χ2v) is 16.3. The molecule has 1 aliphatic carbocycles. The molecule has 3 aliphatic heterocycles. The molecule has 0 spiro atoms. The molecule has 433 valence electrons. The van der Waals surface area contributed by atoms with Crippen molar-refractivity contribution >= 4 is 62.6 Å². The van der Waals surface area contributed by atoms with Gasteiger partial charge in [0, 0.05) is 51.6 Å². The number of aliphatic imine (C=N–C) groups is 2. The summed E-state index contributed by atoms with van der Waals surface area (Å²) in [6, 6.07) is 82.3. The van der Waals surface area contributed by atoms with E-state index in [9.17, 15) is 0 Å². The van der Waals surface area contributed by atoms with E-state index in [0.717, 1.165) is 43.4 Å². The van der Waals surface area contributed by atoms with E-state index in [2.05, 4.69) is 204 Å². The molecule has 0 N–H and O–H groups in total. The molecule has 10 aromatic carbocycles. The van der Waals surface area contributed by atoms with E-state index in [-0.39, 0.29) is 32.7 Å². The molecule has 83 heavy (non-hydrogen) atoms. The summed E-state index contributed by atoms with van der Waals surface area (Å²) in [6.07, 6.45) is 13.3. The van der Waals surface area contributed by atoms with Gasteiger partial charge in [-0.2, -0.15) is 42.3 Å². The van der Waals surface area contributed by atoms with E-state index in [1.165, 1.54) is 70.9 Å². The normalized spacial score (nSPS) is 10.4. The summed E-state index contributed by atoms with van der Waals surface area (Å²) in [4.78, 5) is 12.5. The maximum Gasteiger partial charge on any atom is 0.0661 e. The standard InChI is InChI=1S/C14H10.C10H8.C9H8.3C8H7N.C8H8.7C2H6.Y/c1-2-6-12-10-14-8-4-3-7-13(14)9-11(12)5-1;1-2-6-10-8-4-3-7-9(10)5-1;1-2-5-9-7-3-6-8(9)4-1;1-2-4-8-6-9-5-7(8)3-1;2*1-2-4-8-7(3-1)5-6-9-8;1-2-8-6-4-3-5-7-8;7*1-2;/h1-10H;1-8H;1-6H,7H2;1-5H,6H2;1-4,6H,5H2;1-5H,6H2;3-6H,1-2H2;7*1-2H3;/q;;;;;;-2;;;;;;;;. The van der Waals surface area contributed by atoms with Crippen LogP contribution in [0.5, 0.6) is 0 Å². The van der Waals surface area contributed by atoms with Crippen molar-refractivity contribution in [3.8, 4) is 0 Å². The quantitative estimate of drug-likeness (QED) is 0.116. The average molecular weight is 1180 g/mol. The van der Waals surface area contributed by atoms with Gasteiger partial charge in [-0.25, -0.2) is 0 Å². The summed E-state index contributed by atoms with van der Waals surface area (Å²) in [7, 11) is 0. The third-order valence-electron chi connectivity index (χ3n) is 11.6. The van der Waals surface area contributed by atoms with Crippen molar-refractivity contribution in [2.75, 3.05) is 6.54 Å². The topological polar surface area (TPSA) is 37.1 Å². The van der Waals surface area contributed by atoms with Crippen LogP contribution in [0.3, 0.4) is 0 Å². The summed E-state index contributed by atoms with van der Waals surface area (Å²) in [6.45, 7) is 33.5. The van der Waals surface area contributed by atoms with E-state index < -0.39 is 0 Å². The zero-order valence-corrected chi connectivity index (χ0v) is 55.8. The van der Waals surface area contributed by atoms with Crippen LogP contribution in [-0.4, -0.2) is 19.0 Å². The molecule has 0 atom stereocenters. The first kappa shape index (κ1) is 75.8. The van der Waals surface area contributed by atoms with Gasteiger partial charge in [-0.3, -0.25) is 15.0 Å². The fraction of sp³-hybridized carbons (Fsp3) is 0.241. The van der Waals surface area contributed by atoms with Crippen molar-refractivity contribution in [3.05, 3.63) is 294 Å². The Labute approximate surface area is 529 Å². The van der Waals surface area contributed by atoms with Gasteiger partial charge in [-0.05, 0) is 96.0 Å². The number of hydrogen-bond acceptors (Lipinski definition) is 3. The van der Waals surface area contributed by atoms with Gasteiger partial charge in [0.2, 0.25) is 0 Å². The van der Waals surface area contributed by atoms with Crippen molar-refractivity contribution in [2.24, 2.45) is 15.0 Å². The molecule has 0 amide bonds. The SMILES string of the molecule is C1=Cc2ccccc2C1.C1=NCc2ccccc21.C1=Nc2ccccc2C1.C1=c2ccccc2=NC1.CC.CC.CC.CC.CC.CC.CC.[CH2-]Cc1[c-]cccc1.[Y].c1ccc2cc3ccccc3cc2c1.c1ccc2ccccc2c1. The van der Waals surface area contributed by atoms with Gasteiger partial charge in [0.1, 0.15) is 0 Å². The summed E-state index contributed by atoms with van der Waals surface area (Å²) >= 11 is 0. The molecule has 14 rings (SSSR count). The fourth-order valence-corrected chi connectivity index (χ4v) is 7.94. The Morgan fingerprint density at radius 3 is 1.31 bits per heavy atom. The van der Waals surface area contributed by atoms with Crippen LogP contribution >= 0.6 is 0 Å². The van der Waals surface area contributed by atoms with E-state index >= 15 is 0 Å². The first-order valence-corrected chi connectivity index (χ1v) is 30.3. The molecule has 10 aromatic rings. The first-order valence-electron chi connectivity index (χ1n) is 30.3. The maximum atomic E-state index is 4.24. The number of nitrogens with zero attached hydrogens (tertiary/aromatic N) is 3. The Bertz CT molecular complexity index is 3070. The van der Waals surface area contributed by atoms with Crippen molar-refractivity contribution in [1.82, 2.24) is 0 Å². The molecular weight excluding hydrogens is 1080 g/mol. The second-order valence-electron chi connectivity index (χ2n) is 16.3. The number of rotatable bonds is 1. The molecular formula is C79H97N3Y-2. The number of fused-ring (bicyclic) bond motifs is 7. The Kier molecular flexibility index (Phi) is 46.2. The zero-order chi connectivity index (χ0) is 60.4. The van der Waals surface area contributed by atoms with Gasteiger partial charge < -0.3 is 6.92 Å². The number of benzene rings is 10. The van der Waals surface area contributed by atoms with Crippen molar-refractivity contribution in [3.63, 3.8) is 0 Å². The van der Waals surface area contributed by atoms with Crippen LogP contribution < -0.4 is 10.6 Å². The molecule has 0 saturated carbocycles. The average Bonchev–Trinajstić information content (AvgIpc) is 4.49. The number of hydrogen-bond donors (Lipinski definition) is 0. The molecule has 0 unspecified atom stereocenters. The number of allylic oxidation sites excluding steroid dienone is 1. The number of para-hydroxylation sites is 2. The van der Waals surface area contributed by atoms with Crippen LogP contribution in [0.25, 0.3) is 44.5 Å². The molecule has 4 heteroatoms. The Balaban J connectivity index is 0.000000915. The molecule has 0 saturated heterocycles. The van der Waals surface area contributed by atoms with Crippen molar-refractivity contribution in [2.45, 2.75) is 123 Å². The van der Waals surface area contributed by atoms with Crippen LogP contribution in [0.2, 0.25) is 0 Å². The molecule has 0 bridgehead atoms. The van der Waals surface area contributed by atoms with Crippen LogP contribution in [0.4, 0.5) is 5.69 Å². The largest absolute Gasteiger partial charge is 0.341 e. The predicted octanol–water partition coefficient (Wildman–Crippen LogP) is 21.8. The second kappa shape index (κ2) is 50.6. The monoisotopic (exact) mass is 1180 g/mol. The van der Waals surface area contributed by atoms with E-state index in [1.54, 1.807) is 0 Å². The maximum absolute atomic E-state index is 4.24. The van der Waals surface area contributed by atoms with E-state index in [4.69, 9.17) is 0 Å². The third kappa shape index (κ3) is 28.1. The molecule has 4 aliphatic rings. The molecule has 0 aromatic heterocycles. The van der Waals surface area contributed by atoms with Crippen LogP contribution in [0, 0.1) is 13.0 Å². The van der Waals surface area contributed by atoms with Gasteiger partial charge in [-0.1, -0.05) is 297 Å². The van der Waals surface area contributed by atoms with E-state index in [0.29, 0.717) is 0 Å². The van der Waals surface area contributed by atoms with Gasteiger partial charge in [0.05, 0.1) is 24.1 Å². The van der Waals surface area contributed by atoms with Crippen LogP contribution in [0.1, 0.15) is 130 Å². The van der Waals surface area contributed by atoms with Crippen LogP contribution in [0.15, 0.2) is 252 Å². The Hall–Kier alpha value is -7.17. The van der Waals surface area contributed by atoms with E-state index in [1.807, 2.05) is 182 Å². The first-order chi connectivity index (χ1) is 40.7. The summed E-state index contributed by atoms with van der Waals surface area (Å²) < 4.78 is 0. The molecule has 0 fully saturated rings. The minimum absolute atomic E-state index is 0. The van der Waals surface area contributed by atoms with Gasteiger partial charge in [0.15, 0.2) is 0 Å². The molecule has 3 heterocycles. The summed E-state index contributed by atoms with van der Waals surface area (Å²) in [5.41, 5.74) is 9.12. The van der Waals surface area contributed by atoms with Crippen molar-refractivity contribution in [1.29, 1.82) is 0 Å².